The fourth-order valence-electron chi connectivity index (χ4n) is 2.33. The van der Waals surface area contributed by atoms with Crippen molar-refractivity contribution in [2.24, 2.45) is 12.8 Å². The Morgan fingerprint density at radius 2 is 2.21 bits per heavy atom. The Hall–Kier alpha value is -1.57. The lowest BCUT2D eigenvalue weighted by Crippen LogP contribution is -2.56. The van der Waals surface area contributed by atoms with Crippen LogP contribution in [0.2, 0.25) is 0 Å². The SMILES string of the molecule is Cn1ccc(C2(N)CCCN(C(=O)C(F)(F)F)C2)n1. The van der Waals surface area contributed by atoms with E-state index in [0.717, 1.165) is 4.90 Å². The maximum Gasteiger partial charge on any atom is 0.471 e. The number of aromatic nitrogens is 2. The smallest absolute Gasteiger partial charge is 0.333 e. The van der Waals surface area contributed by atoms with E-state index in [1.165, 1.54) is 4.68 Å². The number of hydrogen-bond donors (Lipinski definition) is 1. The maximum absolute atomic E-state index is 12.4. The van der Waals surface area contributed by atoms with Crippen LogP contribution >= 0.6 is 0 Å². The number of carbonyl (C=O) groups is 1. The molecule has 1 aromatic rings. The molecule has 0 saturated carbocycles. The molecule has 2 heterocycles. The Balaban J connectivity index is 2.19. The van der Waals surface area contributed by atoms with Gasteiger partial charge in [0.15, 0.2) is 0 Å². The lowest BCUT2D eigenvalue weighted by atomic mass is 9.87. The number of likely N-dealkylation sites (tertiary alicyclic amines) is 1. The predicted octanol–water partition coefficient (Wildman–Crippen LogP) is 0.759. The number of amides is 1. The van der Waals surface area contributed by atoms with Gasteiger partial charge >= 0.3 is 12.1 Å². The fourth-order valence-corrected chi connectivity index (χ4v) is 2.33. The monoisotopic (exact) mass is 276 g/mol. The largest absolute Gasteiger partial charge is 0.471 e. The minimum atomic E-state index is -4.86. The number of piperidine rings is 1. The van der Waals surface area contributed by atoms with Crippen LogP contribution < -0.4 is 5.73 Å². The predicted molar refractivity (Wildman–Crippen MR) is 60.9 cm³/mol. The van der Waals surface area contributed by atoms with E-state index in [-0.39, 0.29) is 13.1 Å². The number of aryl methyl sites for hydroxylation is 1. The summed E-state index contributed by atoms with van der Waals surface area (Å²) in [6, 6.07) is 1.67. The molecule has 1 aromatic heterocycles. The minimum Gasteiger partial charge on any atom is -0.333 e. The molecule has 106 valence electrons. The molecule has 1 atom stereocenters. The fraction of sp³-hybridized carbons (Fsp3) is 0.636. The average Bonchev–Trinajstić information content (AvgIpc) is 2.74. The van der Waals surface area contributed by atoms with Gasteiger partial charge in [0.05, 0.1) is 11.2 Å². The van der Waals surface area contributed by atoms with Crippen LogP contribution in [0.15, 0.2) is 12.3 Å². The van der Waals surface area contributed by atoms with Crippen LogP contribution in [0.1, 0.15) is 18.5 Å². The number of hydrogen-bond acceptors (Lipinski definition) is 3. The van der Waals surface area contributed by atoms with E-state index in [1.54, 1.807) is 19.3 Å². The molecule has 0 radical (unpaired) electrons. The first-order chi connectivity index (χ1) is 8.72. The molecular weight excluding hydrogens is 261 g/mol. The van der Waals surface area contributed by atoms with E-state index in [2.05, 4.69) is 5.10 Å². The van der Waals surface area contributed by atoms with Gasteiger partial charge in [-0.05, 0) is 18.9 Å². The summed E-state index contributed by atoms with van der Waals surface area (Å²) in [7, 11) is 1.70. The summed E-state index contributed by atoms with van der Waals surface area (Å²) in [5.41, 5.74) is 5.62. The molecule has 1 saturated heterocycles. The van der Waals surface area contributed by atoms with Gasteiger partial charge in [0.25, 0.3) is 0 Å². The topological polar surface area (TPSA) is 64.2 Å². The molecule has 1 fully saturated rings. The highest BCUT2D eigenvalue weighted by Gasteiger charge is 2.46. The molecule has 0 spiro atoms. The summed E-state index contributed by atoms with van der Waals surface area (Å²) >= 11 is 0. The molecule has 1 aliphatic rings. The lowest BCUT2D eigenvalue weighted by molar-refractivity contribution is -0.187. The van der Waals surface area contributed by atoms with Crippen LogP contribution in [-0.4, -0.2) is 39.9 Å². The van der Waals surface area contributed by atoms with Crippen molar-refractivity contribution in [1.29, 1.82) is 0 Å². The van der Waals surface area contributed by atoms with E-state index in [9.17, 15) is 18.0 Å². The summed E-state index contributed by atoms with van der Waals surface area (Å²) in [6.45, 7) is -0.0908. The van der Waals surface area contributed by atoms with Gasteiger partial charge < -0.3 is 10.6 Å². The minimum absolute atomic E-state index is 0.0735. The lowest BCUT2D eigenvalue weighted by Gasteiger charge is -2.39. The number of halogens is 3. The third-order valence-electron chi connectivity index (χ3n) is 3.28. The van der Waals surface area contributed by atoms with Gasteiger partial charge in [-0.1, -0.05) is 0 Å². The highest BCUT2D eigenvalue weighted by Crippen LogP contribution is 2.30. The number of rotatable bonds is 1. The first kappa shape index (κ1) is 13.9. The zero-order valence-corrected chi connectivity index (χ0v) is 10.4. The average molecular weight is 276 g/mol. The Labute approximate surface area is 108 Å². The molecule has 19 heavy (non-hydrogen) atoms. The summed E-state index contributed by atoms with van der Waals surface area (Å²) < 4.78 is 38.9. The van der Waals surface area contributed by atoms with Crippen LogP contribution in [0.3, 0.4) is 0 Å². The summed E-state index contributed by atoms with van der Waals surface area (Å²) in [6.07, 6.45) is -2.25. The van der Waals surface area contributed by atoms with E-state index in [0.29, 0.717) is 18.5 Å². The van der Waals surface area contributed by atoms with E-state index in [4.69, 9.17) is 5.73 Å². The van der Waals surface area contributed by atoms with Crippen LogP contribution in [0.25, 0.3) is 0 Å². The second kappa shape index (κ2) is 4.52. The molecule has 0 bridgehead atoms. The van der Waals surface area contributed by atoms with Gasteiger partial charge in [0, 0.05) is 26.3 Å². The highest BCUT2D eigenvalue weighted by atomic mass is 19.4. The quantitative estimate of drug-likeness (QED) is 0.823. The van der Waals surface area contributed by atoms with Crippen LogP contribution in [0, 0.1) is 0 Å². The van der Waals surface area contributed by atoms with Crippen molar-refractivity contribution in [3.05, 3.63) is 18.0 Å². The molecule has 2 rings (SSSR count). The first-order valence-corrected chi connectivity index (χ1v) is 5.87. The van der Waals surface area contributed by atoms with Crippen molar-refractivity contribution in [2.45, 2.75) is 24.6 Å². The molecule has 1 amide bonds. The highest BCUT2D eigenvalue weighted by molar-refractivity contribution is 5.82. The van der Waals surface area contributed by atoms with E-state index < -0.39 is 17.6 Å². The third-order valence-corrected chi connectivity index (χ3v) is 3.28. The second-order valence-electron chi connectivity index (χ2n) is 4.86. The second-order valence-corrected chi connectivity index (χ2v) is 4.86. The Kier molecular flexibility index (Phi) is 3.29. The molecular formula is C11H15F3N4O. The van der Waals surface area contributed by atoms with Crippen molar-refractivity contribution in [2.75, 3.05) is 13.1 Å². The van der Waals surface area contributed by atoms with Gasteiger partial charge in [-0.3, -0.25) is 9.48 Å². The standard InChI is InChI=1S/C11H15F3N4O/c1-17-6-3-8(16-17)10(15)4-2-5-18(7-10)9(19)11(12,13)14/h3,6H,2,4-5,7,15H2,1H3. The van der Waals surface area contributed by atoms with E-state index in [1.807, 2.05) is 0 Å². The zero-order valence-electron chi connectivity index (χ0n) is 10.4. The normalized spacial score (nSPS) is 24.6. The molecule has 2 N–H and O–H groups in total. The molecule has 8 heteroatoms. The van der Waals surface area contributed by atoms with Gasteiger partial charge in [0.1, 0.15) is 0 Å². The maximum atomic E-state index is 12.4. The van der Waals surface area contributed by atoms with Gasteiger partial charge in [-0.25, -0.2) is 0 Å². The molecule has 1 unspecified atom stereocenters. The van der Waals surface area contributed by atoms with E-state index >= 15 is 0 Å². The van der Waals surface area contributed by atoms with Crippen LogP contribution in [-0.2, 0) is 17.4 Å². The third kappa shape index (κ3) is 2.73. The molecule has 0 aromatic carbocycles. The Morgan fingerprint density at radius 1 is 1.53 bits per heavy atom. The van der Waals surface area contributed by atoms with Gasteiger partial charge in [0.2, 0.25) is 0 Å². The molecule has 5 nitrogen and oxygen atoms in total. The first-order valence-electron chi connectivity index (χ1n) is 5.87. The Bertz CT molecular complexity index is 485. The Morgan fingerprint density at radius 3 is 2.74 bits per heavy atom. The van der Waals surface area contributed by atoms with Crippen LogP contribution in [0.4, 0.5) is 13.2 Å². The van der Waals surface area contributed by atoms with Gasteiger partial charge in [-0.15, -0.1) is 0 Å². The number of carbonyl (C=O) groups excluding carboxylic acids is 1. The summed E-state index contributed by atoms with van der Waals surface area (Å²) in [5, 5.41) is 4.13. The number of nitrogens with two attached hydrogens (primary N) is 1. The van der Waals surface area contributed by atoms with Crippen LogP contribution in [0.5, 0.6) is 0 Å². The molecule has 0 aliphatic carbocycles. The van der Waals surface area contributed by atoms with Crippen molar-refractivity contribution in [1.82, 2.24) is 14.7 Å². The molecule has 1 aliphatic heterocycles. The number of nitrogens with zero attached hydrogens (tertiary/aromatic N) is 3. The van der Waals surface area contributed by atoms with Gasteiger partial charge in [-0.2, -0.15) is 18.3 Å². The van der Waals surface area contributed by atoms with Crippen molar-refractivity contribution >= 4 is 5.91 Å². The zero-order chi connectivity index (χ0) is 14.3. The van der Waals surface area contributed by atoms with Crippen molar-refractivity contribution < 1.29 is 18.0 Å². The summed E-state index contributed by atoms with van der Waals surface area (Å²) in [4.78, 5) is 12.0. The van der Waals surface area contributed by atoms with Crippen molar-refractivity contribution in [3.63, 3.8) is 0 Å². The van der Waals surface area contributed by atoms with Crippen molar-refractivity contribution in [3.8, 4) is 0 Å². The summed E-state index contributed by atoms with van der Waals surface area (Å²) in [5.74, 6) is -1.84. The number of alkyl halides is 3.